The predicted molar refractivity (Wildman–Crippen MR) is 85.7 cm³/mol. The molecular formula is C17H22N2O2. The monoisotopic (exact) mass is 286 g/mol. The number of nitrogens with one attached hydrogen (secondary N) is 1. The molecule has 1 heterocycles. The van der Waals surface area contributed by atoms with Crippen molar-refractivity contribution in [1.29, 1.82) is 0 Å². The maximum Gasteiger partial charge on any atom is 0.412 e. The van der Waals surface area contributed by atoms with E-state index in [2.05, 4.69) is 24.1 Å². The maximum atomic E-state index is 11.8. The van der Waals surface area contributed by atoms with Crippen LogP contribution in [0.15, 0.2) is 30.3 Å². The molecule has 0 fully saturated rings. The Bertz CT molecular complexity index is 657. The fraction of sp³-hybridized carbons (Fsp3) is 0.412. The Morgan fingerprint density at radius 2 is 1.90 bits per heavy atom. The second kappa shape index (κ2) is 5.72. The van der Waals surface area contributed by atoms with E-state index in [0.29, 0.717) is 11.6 Å². The molecular weight excluding hydrogens is 264 g/mol. The summed E-state index contributed by atoms with van der Waals surface area (Å²) >= 11 is 0. The van der Waals surface area contributed by atoms with Crippen LogP contribution in [0.5, 0.6) is 0 Å². The van der Waals surface area contributed by atoms with Crippen LogP contribution in [0, 0.1) is 0 Å². The van der Waals surface area contributed by atoms with Gasteiger partial charge in [0.2, 0.25) is 0 Å². The average molecular weight is 286 g/mol. The van der Waals surface area contributed by atoms with Gasteiger partial charge in [-0.3, -0.25) is 10.3 Å². The van der Waals surface area contributed by atoms with Gasteiger partial charge < -0.3 is 4.74 Å². The first kappa shape index (κ1) is 15.3. The van der Waals surface area contributed by atoms with Gasteiger partial charge in [0, 0.05) is 16.8 Å². The number of anilines is 1. The molecule has 2 rings (SSSR count). The van der Waals surface area contributed by atoms with Crippen molar-refractivity contribution in [1.82, 2.24) is 4.98 Å². The molecule has 0 saturated heterocycles. The SMILES string of the molecule is CC(C)c1ccc2cc(NC(=O)OC(C)(C)C)ccc2n1. The highest BCUT2D eigenvalue weighted by Crippen LogP contribution is 2.21. The van der Waals surface area contributed by atoms with Crippen LogP contribution in [0.25, 0.3) is 10.9 Å². The minimum atomic E-state index is -0.505. The lowest BCUT2D eigenvalue weighted by Crippen LogP contribution is -2.27. The molecule has 0 saturated carbocycles. The Labute approximate surface area is 125 Å². The van der Waals surface area contributed by atoms with E-state index in [1.165, 1.54) is 0 Å². The van der Waals surface area contributed by atoms with Gasteiger partial charge in [-0.25, -0.2) is 4.79 Å². The summed E-state index contributed by atoms with van der Waals surface area (Å²) in [5, 5.41) is 3.73. The first-order valence-corrected chi connectivity index (χ1v) is 7.15. The quantitative estimate of drug-likeness (QED) is 0.870. The van der Waals surface area contributed by atoms with Crippen molar-refractivity contribution in [3.05, 3.63) is 36.0 Å². The highest BCUT2D eigenvalue weighted by molar-refractivity contribution is 5.90. The van der Waals surface area contributed by atoms with Crippen LogP contribution in [0.1, 0.15) is 46.2 Å². The molecule has 0 spiro atoms. The summed E-state index contributed by atoms with van der Waals surface area (Å²) in [6, 6.07) is 9.69. The minimum Gasteiger partial charge on any atom is -0.444 e. The largest absolute Gasteiger partial charge is 0.444 e. The molecule has 0 aliphatic heterocycles. The van der Waals surface area contributed by atoms with Gasteiger partial charge in [-0.2, -0.15) is 0 Å². The molecule has 0 aliphatic rings. The molecule has 0 radical (unpaired) electrons. The van der Waals surface area contributed by atoms with Gasteiger partial charge in [0.25, 0.3) is 0 Å². The number of benzene rings is 1. The van der Waals surface area contributed by atoms with Gasteiger partial charge in [-0.05, 0) is 51.0 Å². The zero-order valence-electron chi connectivity index (χ0n) is 13.2. The van der Waals surface area contributed by atoms with Crippen molar-refractivity contribution in [2.24, 2.45) is 0 Å². The van der Waals surface area contributed by atoms with E-state index in [1.54, 1.807) is 0 Å². The Morgan fingerprint density at radius 3 is 2.52 bits per heavy atom. The normalized spacial score (nSPS) is 11.7. The van der Waals surface area contributed by atoms with Crippen LogP contribution in [0.3, 0.4) is 0 Å². The molecule has 0 bridgehead atoms. The molecule has 0 aliphatic carbocycles. The zero-order valence-corrected chi connectivity index (χ0v) is 13.2. The van der Waals surface area contributed by atoms with Crippen LogP contribution < -0.4 is 5.32 Å². The van der Waals surface area contributed by atoms with Crippen molar-refractivity contribution >= 4 is 22.7 Å². The summed E-state index contributed by atoms with van der Waals surface area (Å²) in [5.74, 6) is 0.397. The molecule has 4 heteroatoms. The number of carbonyl (C=O) groups excluding carboxylic acids is 1. The van der Waals surface area contributed by atoms with Crippen molar-refractivity contribution in [2.75, 3.05) is 5.32 Å². The number of hydrogen-bond acceptors (Lipinski definition) is 3. The number of hydrogen-bond donors (Lipinski definition) is 1. The summed E-state index contributed by atoms with van der Waals surface area (Å²) in [4.78, 5) is 16.4. The Hall–Kier alpha value is -2.10. The number of ether oxygens (including phenoxy) is 1. The van der Waals surface area contributed by atoms with E-state index in [4.69, 9.17) is 4.74 Å². The van der Waals surface area contributed by atoms with Gasteiger partial charge in [0.05, 0.1) is 5.52 Å². The molecule has 1 amide bonds. The van der Waals surface area contributed by atoms with Gasteiger partial charge in [-0.1, -0.05) is 19.9 Å². The van der Waals surface area contributed by atoms with E-state index >= 15 is 0 Å². The first-order valence-electron chi connectivity index (χ1n) is 7.15. The standard InChI is InChI=1S/C17H22N2O2/c1-11(2)14-8-6-12-10-13(7-9-15(12)19-14)18-16(20)21-17(3,4)5/h6-11H,1-5H3,(H,18,20). The lowest BCUT2D eigenvalue weighted by Gasteiger charge is -2.19. The molecule has 1 aromatic heterocycles. The predicted octanol–water partition coefficient (Wildman–Crippen LogP) is 4.71. The number of nitrogens with zero attached hydrogens (tertiary/aromatic N) is 1. The van der Waals surface area contributed by atoms with Crippen LogP contribution >= 0.6 is 0 Å². The smallest absolute Gasteiger partial charge is 0.412 e. The third kappa shape index (κ3) is 4.18. The van der Waals surface area contributed by atoms with E-state index in [9.17, 15) is 4.79 Å². The van der Waals surface area contributed by atoms with Crippen LogP contribution in [0.2, 0.25) is 0 Å². The van der Waals surface area contributed by atoms with Crippen LogP contribution in [0.4, 0.5) is 10.5 Å². The number of carbonyl (C=O) groups is 1. The molecule has 21 heavy (non-hydrogen) atoms. The fourth-order valence-corrected chi connectivity index (χ4v) is 1.96. The first-order chi connectivity index (χ1) is 9.74. The summed E-state index contributed by atoms with van der Waals surface area (Å²) in [6.07, 6.45) is -0.450. The van der Waals surface area contributed by atoms with E-state index < -0.39 is 11.7 Å². The highest BCUT2D eigenvalue weighted by Gasteiger charge is 2.16. The second-order valence-corrected chi connectivity index (χ2v) is 6.43. The van der Waals surface area contributed by atoms with E-state index in [-0.39, 0.29) is 0 Å². The second-order valence-electron chi connectivity index (χ2n) is 6.43. The molecule has 0 unspecified atom stereocenters. The Balaban J connectivity index is 2.20. The number of amides is 1. The molecule has 0 atom stereocenters. The maximum absolute atomic E-state index is 11.8. The van der Waals surface area contributed by atoms with Crippen LogP contribution in [-0.2, 0) is 4.74 Å². The molecule has 2 aromatic rings. The number of pyridine rings is 1. The van der Waals surface area contributed by atoms with E-state index in [0.717, 1.165) is 16.6 Å². The summed E-state index contributed by atoms with van der Waals surface area (Å²) in [6.45, 7) is 9.75. The number of aromatic nitrogens is 1. The topological polar surface area (TPSA) is 51.2 Å². The molecule has 1 N–H and O–H groups in total. The van der Waals surface area contributed by atoms with Crippen molar-refractivity contribution in [3.63, 3.8) is 0 Å². The number of rotatable bonds is 2. The fourth-order valence-electron chi connectivity index (χ4n) is 1.96. The lowest BCUT2D eigenvalue weighted by molar-refractivity contribution is 0.0636. The van der Waals surface area contributed by atoms with Gasteiger partial charge in [0.15, 0.2) is 0 Å². The Kier molecular flexibility index (Phi) is 4.16. The zero-order chi connectivity index (χ0) is 15.6. The van der Waals surface area contributed by atoms with Crippen molar-refractivity contribution < 1.29 is 9.53 Å². The Morgan fingerprint density at radius 1 is 1.19 bits per heavy atom. The van der Waals surface area contributed by atoms with Gasteiger partial charge in [0.1, 0.15) is 5.60 Å². The third-order valence-corrected chi connectivity index (χ3v) is 2.95. The average Bonchev–Trinajstić information content (AvgIpc) is 2.35. The van der Waals surface area contributed by atoms with Crippen molar-refractivity contribution in [3.8, 4) is 0 Å². The van der Waals surface area contributed by atoms with Crippen LogP contribution in [-0.4, -0.2) is 16.7 Å². The highest BCUT2D eigenvalue weighted by atomic mass is 16.6. The molecule has 1 aromatic carbocycles. The minimum absolute atomic E-state index is 0.397. The van der Waals surface area contributed by atoms with Gasteiger partial charge >= 0.3 is 6.09 Å². The van der Waals surface area contributed by atoms with Crippen molar-refractivity contribution in [2.45, 2.75) is 46.1 Å². The number of fused-ring (bicyclic) bond motifs is 1. The lowest BCUT2D eigenvalue weighted by atomic mass is 10.1. The summed E-state index contributed by atoms with van der Waals surface area (Å²) in [7, 11) is 0. The summed E-state index contributed by atoms with van der Waals surface area (Å²) in [5.41, 5.74) is 2.19. The van der Waals surface area contributed by atoms with Gasteiger partial charge in [-0.15, -0.1) is 0 Å². The third-order valence-electron chi connectivity index (χ3n) is 2.95. The van der Waals surface area contributed by atoms with E-state index in [1.807, 2.05) is 51.1 Å². The summed E-state index contributed by atoms with van der Waals surface area (Å²) < 4.78 is 5.24. The molecule has 4 nitrogen and oxygen atoms in total. The molecule has 112 valence electrons.